The Balaban J connectivity index is 1.50. The Bertz CT molecular complexity index is 1840. The molecule has 0 spiro atoms. The highest BCUT2D eigenvalue weighted by atomic mass is 35.5. The van der Waals surface area contributed by atoms with Gasteiger partial charge in [-0.3, -0.25) is 0 Å². The molecule has 2 aliphatic heterocycles. The van der Waals surface area contributed by atoms with Gasteiger partial charge in [0.1, 0.15) is 5.82 Å². The van der Waals surface area contributed by atoms with Crippen LogP contribution in [-0.2, 0) is 0 Å². The second-order valence-electron chi connectivity index (χ2n) is 9.84. The molecule has 0 radical (unpaired) electrons. The number of para-hydroxylation sites is 3. The van der Waals surface area contributed by atoms with Crippen molar-refractivity contribution in [2.24, 2.45) is 9.98 Å². The molecule has 7 rings (SSSR count). The molecule has 4 aromatic carbocycles. The standard InChI is InChI=1S/C32H24ClFN6/c1-19-16-17-21(18-24(19)33)35-30-32-37-31-28(20(2)38-40(31)22-10-4-3-5-11-22)29(23-12-6-7-13-25(23)34)39(32)27-15-9-8-14-26(27)36-30/h3-18,29H,1-2H3,(H,35,36)/t29-/m1/s1. The predicted octanol–water partition coefficient (Wildman–Crippen LogP) is 8.08. The summed E-state index contributed by atoms with van der Waals surface area (Å²) in [5.74, 6) is 1.43. The average molecular weight is 547 g/mol. The van der Waals surface area contributed by atoms with Gasteiger partial charge in [0, 0.05) is 21.8 Å². The van der Waals surface area contributed by atoms with Crippen molar-refractivity contribution in [2.45, 2.75) is 19.9 Å². The minimum absolute atomic E-state index is 0.300. The van der Waals surface area contributed by atoms with Crippen molar-refractivity contribution in [3.63, 3.8) is 0 Å². The Morgan fingerprint density at radius 2 is 1.60 bits per heavy atom. The van der Waals surface area contributed by atoms with Crippen molar-refractivity contribution in [1.29, 1.82) is 0 Å². The molecule has 2 aliphatic rings. The zero-order valence-electron chi connectivity index (χ0n) is 21.8. The maximum atomic E-state index is 15.6. The average Bonchev–Trinajstić information content (AvgIpc) is 3.31. The Morgan fingerprint density at radius 1 is 0.850 bits per heavy atom. The van der Waals surface area contributed by atoms with Crippen LogP contribution in [0.2, 0.25) is 5.02 Å². The molecular formula is C32H24ClFN6. The van der Waals surface area contributed by atoms with E-state index in [4.69, 9.17) is 26.7 Å². The van der Waals surface area contributed by atoms with Crippen molar-refractivity contribution in [3.8, 4) is 5.69 Å². The van der Waals surface area contributed by atoms with Crippen LogP contribution >= 0.6 is 11.6 Å². The zero-order chi connectivity index (χ0) is 27.4. The molecule has 1 aromatic heterocycles. The highest BCUT2D eigenvalue weighted by Crippen LogP contribution is 2.48. The third-order valence-electron chi connectivity index (χ3n) is 7.27. The Kier molecular flexibility index (Phi) is 5.75. The first-order chi connectivity index (χ1) is 19.5. The SMILES string of the molecule is Cc1ccc(NC2=Nc3ccccc3N3C2=Nc2c(c(C)nn2-c2ccccc2)[C@H]3c2ccccc2F)cc1Cl. The highest BCUT2D eigenvalue weighted by molar-refractivity contribution is 6.51. The van der Waals surface area contributed by atoms with Gasteiger partial charge in [0.25, 0.3) is 0 Å². The molecule has 0 unspecified atom stereocenters. The smallest absolute Gasteiger partial charge is 0.179 e. The van der Waals surface area contributed by atoms with Gasteiger partial charge < -0.3 is 10.2 Å². The summed E-state index contributed by atoms with van der Waals surface area (Å²) in [7, 11) is 0. The zero-order valence-corrected chi connectivity index (χ0v) is 22.6. The number of fused-ring (bicyclic) bond motifs is 4. The van der Waals surface area contributed by atoms with E-state index in [1.165, 1.54) is 6.07 Å². The van der Waals surface area contributed by atoms with Gasteiger partial charge in [-0.1, -0.05) is 66.2 Å². The first-order valence-corrected chi connectivity index (χ1v) is 13.4. The van der Waals surface area contributed by atoms with Gasteiger partial charge in [-0.25, -0.2) is 19.1 Å². The molecule has 196 valence electrons. The number of benzene rings is 4. The summed E-state index contributed by atoms with van der Waals surface area (Å²) in [4.78, 5) is 12.2. The minimum atomic E-state index is -0.531. The van der Waals surface area contributed by atoms with Crippen LogP contribution in [0, 0.1) is 19.7 Å². The summed E-state index contributed by atoms with van der Waals surface area (Å²) in [5, 5.41) is 8.98. The lowest BCUT2D eigenvalue weighted by Crippen LogP contribution is -2.46. The molecule has 0 amide bonds. The molecule has 0 bridgehead atoms. The second kappa shape index (κ2) is 9.47. The Hall–Kier alpha value is -4.75. The van der Waals surface area contributed by atoms with E-state index in [2.05, 4.69) is 10.2 Å². The van der Waals surface area contributed by atoms with Crippen LogP contribution < -0.4 is 10.2 Å². The van der Waals surface area contributed by atoms with Gasteiger partial charge in [0.15, 0.2) is 17.5 Å². The van der Waals surface area contributed by atoms with Gasteiger partial charge in [0.05, 0.1) is 28.8 Å². The largest absolute Gasteiger partial charge is 0.337 e. The van der Waals surface area contributed by atoms with Crippen LogP contribution in [0.25, 0.3) is 5.69 Å². The van der Waals surface area contributed by atoms with Crippen LogP contribution in [-0.4, -0.2) is 21.5 Å². The number of hydrogen-bond donors (Lipinski definition) is 1. The van der Waals surface area contributed by atoms with Crippen LogP contribution in [0.1, 0.15) is 28.4 Å². The van der Waals surface area contributed by atoms with Gasteiger partial charge >= 0.3 is 0 Å². The Morgan fingerprint density at radius 3 is 2.40 bits per heavy atom. The summed E-state index contributed by atoms with van der Waals surface area (Å²) >= 11 is 6.46. The molecular weight excluding hydrogens is 523 g/mol. The van der Waals surface area contributed by atoms with Crippen LogP contribution in [0.5, 0.6) is 0 Å². The first kappa shape index (κ1) is 24.3. The molecule has 0 aliphatic carbocycles. The van der Waals surface area contributed by atoms with Crippen molar-refractivity contribution >= 4 is 46.2 Å². The molecule has 0 fully saturated rings. The number of rotatable bonds is 3. The number of aryl methyl sites for hydroxylation is 2. The number of aliphatic imine (C=N–C) groups is 2. The van der Waals surface area contributed by atoms with Crippen LogP contribution in [0.3, 0.4) is 0 Å². The molecule has 3 heterocycles. The van der Waals surface area contributed by atoms with E-state index < -0.39 is 6.04 Å². The fraction of sp³-hybridized carbons (Fsp3) is 0.0938. The molecule has 8 heteroatoms. The summed E-state index contributed by atoms with van der Waals surface area (Å²) in [6, 6.07) is 29.8. The summed E-state index contributed by atoms with van der Waals surface area (Å²) in [5.41, 5.74) is 6.34. The van der Waals surface area contributed by atoms with Crippen molar-refractivity contribution in [2.75, 3.05) is 10.2 Å². The minimum Gasteiger partial charge on any atom is -0.337 e. The fourth-order valence-electron chi connectivity index (χ4n) is 5.35. The van der Waals surface area contributed by atoms with E-state index >= 15 is 4.39 Å². The van der Waals surface area contributed by atoms with E-state index in [0.717, 1.165) is 39.6 Å². The normalized spacial score (nSPS) is 15.5. The van der Waals surface area contributed by atoms with E-state index in [1.807, 2.05) is 103 Å². The second-order valence-corrected chi connectivity index (χ2v) is 10.2. The maximum absolute atomic E-state index is 15.6. The number of amidine groups is 2. The summed E-state index contributed by atoms with van der Waals surface area (Å²) in [6.07, 6.45) is 0. The predicted molar refractivity (Wildman–Crippen MR) is 159 cm³/mol. The third-order valence-corrected chi connectivity index (χ3v) is 7.68. The molecule has 6 nitrogen and oxygen atoms in total. The van der Waals surface area contributed by atoms with Crippen LogP contribution in [0.4, 0.5) is 27.3 Å². The molecule has 5 aromatic rings. The first-order valence-electron chi connectivity index (χ1n) is 13.0. The van der Waals surface area contributed by atoms with E-state index in [-0.39, 0.29) is 5.82 Å². The third kappa shape index (κ3) is 3.89. The highest BCUT2D eigenvalue weighted by Gasteiger charge is 2.42. The number of aromatic nitrogens is 2. The maximum Gasteiger partial charge on any atom is 0.179 e. The number of anilines is 2. The molecule has 1 atom stereocenters. The summed E-state index contributed by atoms with van der Waals surface area (Å²) < 4.78 is 17.5. The van der Waals surface area contributed by atoms with Gasteiger partial charge in [-0.15, -0.1) is 0 Å². The number of hydrogen-bond acceptors (Lipinski definition) is 5. The quantitative estimate of drug-likeness (QED) is 0.249. The van der Waals surface area contributed by atoms with E-state index in [1.54, 1.807) is 6.07 Å². The summed E-state index contributed by atoms with van der Waals surface area (Å²) in [6.45, 7) is 3.91. The van der Waals surface area contributed by atoms with Gasteiger partial charge in [-0.05, 0) is 61.9 Å². The van der Waals surface area contributed by atoms with Crippen LogP contribution in [0.15, 0.2) is 107 Å². The number of halogens is 2. The lowest BCUT2D eigenvalue weighted by molar-refractivity contribution is 0.597. The lowest BCUT2D eigenvalue weighted by atomic mass is 9.93. The number of nitrogens with zero attached hydrogens (tertiary/aromatic N) is 5. The lowest BCUT2D eigenvalue weighted by Gasteiger charge is -2.40. The molecule has 1 N–H and O–H groups in total. The molecule has 0 saturated heterocycles. The fourth-order valence-corrected chi connectivity index (χ4v) is 5.53. The molecule has 0 saturated carbocycles. The van der Waals surface area contributed by atoms with Gasteiger partial charge in [0.2, 0.25) is 0 Å². The monoisotopic (exact) mass is 546 g/mol. The Labute approximate surface area is 236 Å². The number of nitrogens with one attached hydrogen (secondary N) is 1. The van der Waals surface area contributed by atoms with Gasteiger partial charge in [-0.2, -0.15) is 5.10 Å². The topological polar surface area (TPSA) is 57.8 Å². The molecule has 40 heavy (non-hydrogen) atoms. The van der Waals surface area contributed by atoms with Crippen molar-refractivity contribution in [3.05, 3.63) is 130 Å². The van der Waals surface area contributed by atoms with Crippen molar-refractivity contribution in [1.82, 2.24) is 9.78 Å². The van der Waals surface area contributed by atoms with E-state index in [9.17, 15) is 0 Å². The van der Waals surface area contributed by atoms with Crippen molar-refractivity contribution < 1.29 is 4.39 Å². The van der Waals surface area contributed by atoms with E-state index in [0.29, 0.717) is 28.1 Å².